The van der Waals surface area contributed by atoms with Crippen LogP contribution in [0.3, 0.4) is 0 Å². The van der Waals surface area contributed by atoms with Crippen molar-refractivity contribution in [1.82, 2.24) is 5.32 Å². The molecule has 0 spiro atoms. The van der Waals surface area contributed by atoms with Gasteiger partial charge < -0.3 is 14.8 Å². The summed E-state index contributed by atoms with van der Waals surface area (Å²) in [7, 11) is 3.57. The Kier molecular flexibility index (Phi) is 6.32. The molecule has 0 heterocycles. The topological polar surface area (TPSA) is 30.5 Å². The van der Waals surface area contributed by atoms with Gasteiger partial charge in [-0.3, -0.25) is 0 Å². The lowest BCUT2D eigenvalue weighted by molar-refractivity contribution is 0.282. The molecule has 0 saturated carbocycles. The van der Waals surface area contributed by atoms with Crippen molar-refractivity contribution in [1.29, 1.82) is 0 Å². The molecule has 0 aromatic heterocycles. The van der Waals surface area contributed by atoms with E-state index in [1.807, 2.05) is 19.2 Å². The molecule has 0 bridgehead atoms. The van der Waals surface area contributed by atoms with E-state index in [1.165, 1.54) is 3.57 Å². The van der Waals surface area contributed by atoms with Gasteiger partial charge in [-0.25, -0.2) is 0 Å². The van der Waals surface area contributed by atoms with E-state index in [1.54, 1.807) is 7.11 Å². The second-order valence-electron chi connectivity index (χ2n) is 4.55. The highest BCUT2D eigenvalue weighted by Crippen LogP contribution is 2.37. The van der Waals surface area contributed by atoms with E-state index in [0.29, 0.717) is 6.61 Å². The van der Waals surface area contributed by atoms with Crippen molar-refractivity contribution in [3.05, 3.63) is 55.6 Å². The lowest BCUT2D eigenvalue weighted by Crippen LogP contribution is -2.06. The Morgan fingerprint density at radius 3 is 2.48 bits per heavy atom. The zero-order valence-electron chi connectivity index (χ0n) is 12.0. The third-order valence-electron chi connectivity index (χ3n) is 2.97. The Morgan fingerprint density at radius 2 is 1.86 bits per heavy atom. The summed E-state index contributed by atoms with van der Waals surface area (Å²) in [6.45, 7) is 1.30. The van der Waals surface area contributed by atoms with Crippen molar-refractivity contribution < 1.29 is 9.47 Å². The Hall–Kier alpha value is -0.790. The predicted octanol–water partition coefficient (Wildman–Crippen LogP) is 4.36. The average Bonchev–Trinajstić information content (AvgIpc) is 2.47. The van der Waals surface area contributed by atoms with Crippen LogP contribution in [0, 0.1) is 3.57 Å². The highest BCUT2D eigenvalue weighted by molar-refractivity contribution is 14.1. The fourth-order valence-corrected chi connectivity index (χ4v) is 2.92. The van der Waals surface area contributed by atoms with Crippen LogP contribution in [0.1, 0.15) is 11.1 Å². The van der Waals surface area contributed by atoms with Crippen molar-refractivity contribution >= 4 is 38.5 Å². The molecule has 0 radical (unpaired) electrons. The zero-order chi connectivity index (χ0) is 15.2. The molecule has 0 aliphatic carbocycles. The maximum absolute atomic E-state index is 5.92. The number of nitrogens with one attached hydrogen (secondary N) is 1. The van der Waals surface area contributed by atoms with Crippen molar-refractivity contribution in [3.8, 4) is 11.5 Å². The summed E-state index contributed by atoms with van der Waals surface area (Å²) in [5, 5.41) is 3.13. The van der Waals surface area contributed by atoms with Crippen LogP contribution < -0.4 is 14.8 Å². The first-order valence-electron chi connectivity index (χ1n) is 6.52. The maximum Gasteiger partial charge on any atom is 0.175 e. The van der Waals surface area contributed by atoms with Gasteiger partial charge in [0.25, 0.3) is 0 Å². The molecule has 2 aromatic rings. The molecule has 3 nitrogen and oxygen atoms in total. The fraction of sp³-hybridized carbons (Fsp3) is 0.250. The van der Waals surface area contributed by atoms with Crippen LogP contribution in [-0.2, 0) is 13.2 Å². The molecule has 2 aromatic carbocycles. The average molecular weight is 462 g/mol. The molecule has 0 fully saturated rings. The van der Waals surface area contributed by atoms with Crippen LogP contribution in [0.4, 0.5) is 0 Å². The summed E-state index contributed by atoms with van der Waals surface area (Å²) in [6, 6.07) is 12.3. The Bertz CT molecular complexity index is 602. The largest absolute Gasteiger partial charge is 0.493 e. The summed E-state index contributed by atoms with van der Waals surface area (Å²) < 4.78 is 13.5. The molecule has 21 heavy (non-hydrogen) atoms. The predicted molar refractivity (Wildman–Crippen MR) is 96.9 cm³/mol. The highest BCUT2D eigenvalue weighted by Gasteiger charge is 2.11. The maximum atomic E-state index is 5.92. The number of halogens is 2. The van der Waals surface area contributed by atoms with Gasteiger partial charge in [-0.15, -0.1) is 0 Å². The van der Waals surface area contributed by atoms with E-state index in [4.69, 9.17) is 9.47 Å². The van der Waals surface area contributed by atoms with Crippen LogP contribution in [-0.4, -0.2) is 14.2 Å². The van der Waals surface area contributed by atoms with Crippen LogP contribution in [0.25, 0.3) is 0 Å². The molecule has 0 atom stereocenters. The van der Waals surface area contributed by atoms with Gasteiger partial charge in [0.2, 0.25) is 0 Å². The molecule has 1 N–H and O–H groups in total. The Labute approximate surface area is 147 Å². The van der Waals surface area contributed by atoms with E-state index in [2.05, 4.69) is 68.1 Å². The third kappa shape index (κ3) is 4.59. The molecular formula is C16H17BrINO2. The minimum Gasteiger partial charge on any atom is -0.493 e. The second-order valence-corrected chi connectivity index (χ2v) is 6.65. The van der Waals surface area contributed by atoms with Crippen LogP contribution in [0.15, 0.2) is 40.9 Å². The van der Waals surface area contributed by atoms with E-state index in [9.17, 15) is 0 Å². The number of hydrogen-bond donors (Lipinski definition) is 1. The molecule has 112 valence electrons. The first kappa shape index (κ1) is 16.6. The van der Waals surface area contributed by atoms with Gasteiger partial charge in [-0.1, -0.05) is 12.1 Å². The van der Waals surface area contributed by atoms with Crippen molar-refractivity contribution in [2.45, 2.75) is 13.2 Å². The summed E-state index contributed by atoms with van der Waals surface area (Å²) in [5.41, 5.74) is 2.27. The number of rotatable bonds is 6. The molecule has 0 unspecified atom stereocenters. The molecule has 5 heteroatoms. The smallest absolute Gasteiger partial charge is 0.175 e. The lowest BCUT2D eigenvalue weighted by atomic mass is 10.2. The van der Waals surface area contributed by atoms with Gasteiger partial charge in [0.1, 0.15) is 6.61 Å². The minimum absolute atomic E-state index is 0.511. The van der Waals surface area contributed by atoms with Gasteiger partial charge in [0.15, 0.2) is 11.5 Å². The lowest BCUT2D eigenvalue weighted by Gasteiger charge is -2.14. The zero-order valence-corrected chi connectivity index (χ0v) is 15.7. The molecule has 2 rings (SSSR count). The molecule has 0 saturated heterocycles. The molecule has 0 aliphatic rings. The number of ether oxygens (including phenoxy) is 2. The van der Waals surface area contributed by atoms with Gasteiger partial charge in [-0.05, 0) is 81.0 Å². The Morgan fingerprint density at radius 1 is 1.14 bits per heavy atom. The van der Waals surface area contributed by atoms with Crippen LogP contribution >= 0.6 is 38.5 Å². The summed E-state index contributed by atoms with van der Waals surface area (Å²) in [4.78, 5) is 0. The Balaban J connectivity index is 2.16. The van der Waals surface area contributed by atoms with Gasteiger partial charge in [-0.2, -0.15) is 0 Å². The monoisotopic (exact) mass is 461 g/mol. The number of benzene rings is 2. The van der Waals surface area contributed by atoms with E-state index >= 15 is 0 Å². The normalized spacial score (nSPS) is 10.5. The highest BCUT2D eigenvalue weighted by atomic mass is 127. The number of hydrogen-bond acceptors (Lipinski definition) is 3. The van der Waals surface area contributed by atoms with Gasteiger partial charge in [0.05, 0.1) is 11.6 Å². The SMILES string of the molecule is CNCc1cc(Br)c(OCc2ccc(I)cc2)c(OC)c1. The van der Waals surface area contributed by atoms with E-state index < -0.39 is 0 Å². The molecule has 0 amide bonds. The third-order valence-corrected chi connectivity index (χ3v) is 4.27. The second kappa shape index (κ2) is 8.00. The summed E-state index contributed by atoms with van der Waals surface area (Å²) >= 11 is 5.85. The van der Waals surface area contributed by atoms with Crippen molar-refractivity contribution in [2.24, 2.45) is 0 Å². The van der Waals surface area contributed by atoms with E-state index in [-0.39, 0.29) is 0 Å². The minimum atomic E-state index is 0.511. The first-order chi connectivity index (χ1) is 10.1. The van der Waals surface area contributed by atoms with Gasteiger partial charge in [0, 0.05) is 10.1 Å². The molecule has 0 aliphatic heterocycles. The number of methoxy groups -OCH3 is 1. The summed E-state index contributed by atoms with van der Waals surface area (Å²) in [5.74, 6) is 1.47. The van der Waals surface area contributed by atoms with Crippen molar-refractivity contribution in [3.63, 3.8) is 0 Å². The van der Waals surface area contributed by atoms with Crippen molar-refractivity contribution in [2.75, 3.05) is 14.2 Å². The van der Waals surface area contributed by atoms with Gasteiger partial charge >= 0.3 is 0 Å². The van der Waals surface area contributed by atoms with E-state index in [0.717, 1.165) is 33.6 Å². The first-order valence-corrected chi connectivity index (χ1v) is 8.39. The summed E-state index contributed by atoms with van der Waals surface area (Å²) in [6.07, 6.45) is 0. The molecular weight excluding hydrogens is 445 g/mol. The standard InChI is InChI=1S/C16H17BrINO2/c1-19-9-12-7-14(17)16(15(8-12)20-2)21-10-11-3-5-13(18)6-4-11/h3-8,19H,9-10H2,1-2H3. The van der Waals surface area contributed by atoms with Crippen LogP contribution in [0.5, 0.6) is 11.5 Å². The fourth-order valence-electron chi connectivity index (χ4n) is 1.96. The van der Waals surface area contributed by atoms with Crippen LogP contribution in [0.2, 0.25) is 0 Å². The quantitative estimate of drug-likeness (QED) is 0.648.